The predicted molar refractivity (Wildman–Crippen MR) is 189 cm³/mol. The van der Waals surface area contributed by atoms with Crippen LogP contribution in [0.15, 0.2) is 131 Å². The SMILES string of the molecule is Cc1ccc(CNC(=O)Nc2cccc(OS(=O)(=O)c3cccc(S(=O)(=O)Oc4cccc(NC(=O)NCc5ccc(C)cc5)c4)c3)c2)cc1. The molecule has 0 bridgehead atoms. The Morgan fingerprint density at radius 1 is 0.520 bits per heavy atom. The molecule has 14 heteroatoms. The molecule has 0 fully saturated rings. The van der Waals surface area contributed by atoms with Crippen LogP contribution >= 0.6 is 0 Å². The molecule has 0 heterocycles. The van der Waals surface area contributed by atoms with Crippen molar-refractivity contribution in [2.24, 2.45) is 0 Å². The Morgan fingerprint density at radius 2 is 0.900 bits per heavy atom. The van der Waals surface area contributed by atoms with Gasteiger partial charge in [-0.25, -0.2) is 9.59 Å². The zero-order valence-corrected chi connectivity index (χ0v) is 28.7. The highest BCUT2D eigenvalue weighted by Gasteiger charge is 2.23. The van der Waals surface area contributed by atoms with E-state index in [2.05, 4.69) is 21.3 Å². The molecular formula is C36H34N4O8S2. The minimum absolute atomic E-state index is 0.113. The van der Waals surface area contributed by atoms with E-state index in [0.717, 1.165) is 28.3 Å². The molecular weight excluding hydrogens is 681 g/mol. The Kier molecular flexibility index (Phi) is 11.0. The lowest BCUT2D eigenvalue weighted by molar-refractivity contribution is 0.251. The second-order valence-corrected chi connectivity index (χ2v) is 14.3. The zero-order chi connectivity index (χ0) is 35.7. The lowest BCUT2D eigenvalue weighted by atomic mass is 10.1. The van der Waals surface area contributed by atoms with Crippen LogP contribution in [0.1, 0.15) is 22.3 Å². The number of rotatable bonds is 12. The molecule has 0 atom stereocenters. The number of nitrogens with one attached hydrogen (secondary N) is 4. The number of carbonyl (C=O) groups excluding carboxylic acids is 2. The van der Waals surface area contributed by atoms with Gasteiger partial charge in [-0.05, 0) is 67.4 Å². The fraction of sp³-hybridized carbons (Fsp3) is 0.111. The predicted octanol–water partition coefficient (Wildman–Crippen LogP) is 6.48. The highest BCUT2D eigenvalue weighted by atomic mass is 32.2. The summed E-state index contributed by atoms with van der Waals surface area (Å²) in [6.45, 7) is 4.50. The van der Waals surface area contributed by atoms with Crippen LogP contribution in [0.4, 0.5) is 21.0 Å². The quantitative estimate of drug-likeness (QED) is 0.106. The summed E-state index contributed by atoms with van der Waals surface area (Å²) in [5.41, 5.74) is 4.54. The molecule has 12 nitrogen and oxygen atoms in total. The van der Waals surface area contributed by atoms with Crippen LogP contribution in [-0.4, -0.2) is 28.9 Å². The van der Waals surface area contributed by atoms with E-state index in [1.807, 2.05) is 62.4 Å². The van der Waals surface area contributed by atoms with E-state index in [1.165, 1.54) is 54.6 Å². The highest BCUT2D eigenvalue weighted by Crippen LogP contribution is 2.26. The van der Waals surface area contributed by atoms with Crippen LogP contribution in [0.25, 0.3) is 0 Å². The largest absolute Gasteiger partial charge is 0.379 e. The van der Waals surface area contributed by atoms with Gasteiger partial charge in [-0.1, -0.05) is 77.9 Å². The number of urea groups is 2. The average Bonchev–Trinajstić information content (AvgIpc) is 3.08. The first-order valence-electron chi connectivity index (χ1n) is 15.2. The van der Waals surface area contributed by atoms with Gasteiger partial charge < -0.3 is 29.6 Å². The van der Waals surface area contributed by atoms with Gasteiger partial charge in [0.25, 0.3) is 0 Å². The number of hydrogen-bond donors (Lipinski definition) is 4. The molecule has 0 spiro atoms. The Hall–Kier alpha value is -5.86. The molecule has 5 aromatic carbocycles. The minimum Gasteiger partial charge on any atom is -0.379 e. The third-order valence-corrected chi connectivity index (χ3v) is 9.61. The van der Waals surface area contributed by atoms with Gasteiger partial charge >= 0.3 is 32.3 Å². The minimum atomic E-state index is -4.51. The van der Waals surface area contributed by atoms with Crippen molar-refractivity contribution in [1.82, 2.24) is 10.6 Å². The Labute approximate surface area is 290 Å². The first kappa shape index (κ1) is 35.4. The molecule has 5 aromatic rings. The summed E-state index contributed by atoms with van der Waals surface area (Å²) in [7, 11) is -9.03. The third kappa shape index (κ3) is 10.1. The Morgan fingerprint density at radius 3 is 1.30 bits per heavy atom. The van der Waals surface area contributed by atoms with Gasteiger partial charge in [0.15, 0.2) is 0 Å². The van der Waals surface area contributed by atoms with Crippen LogP contribution in [0.3, 0.4) is 0 Å². The summed E-state index contributed by atoms with van der Waals surface area (Å²) < 4.78 is 63.2. The van der Waals surface area contributed by atoms with Crippen LogP contribution in [0.2, 0.25) is 0 Å². The maximum atomic E-state index is 13.2. The molecule has 0 aromatic heterocycles. The van der Waals surface area contributed by atoms with Crippen LogP contribution in [0.5, 0.6) is 11.5 Å². The smallest absolute Gasteiger partial charge is 0.339 e. The molecule has 0 aliphatic heterocycles. The summed E-state index contributed by atoms with van der Waals surface area (Å²) in [5.74, 6) is -0.226. The highest BCUT2D eigenvalue weighted by molar-refractivity contribution is 7.88. The molecule has 0 unspecified atom stereocenters. The normalized spacial score (nSPS) is 11.2. The molecule has 0 aliphatic rings. The maximum Gasteiger partial charge on any atom is 0.339 e. The van der Waals surface area contributed by atoms with Crippen molar-refractivity contribution in [3.63, 3.8) is 0 Å². The summed E-state index contributed by atoms with van der Waals surface area (Å²) >= 11 is 0. The summed E-state index contributed by atoms with van der Waals surface area (Å²) in [4.78, 5) is 23.9. The van der Waals surface area contributed by atoms with Crippen molar-refractivity contribution < 1.29 is 34.8 Å². The van der Waals surface area contributed by atoms with E-state index in [4.69, 9.17) is 8.37 Å². The van der Waals surface area contributed by atoms with Crippen LogP contribution < -0.4 is 29.6 Å². The van der Waals surface area contributed by atoms with Crippen molar-refractivity contribution in [3.05, 3.63) is 144 Å². The molecule has 4 amide bonds. The van der Waals surface area contributed by atoms with E-state index < -0.39 is 42.1 Å². The van der Waals surface area contributed by atoms with E-state index in [9.17, 15) is 26.4 Å². The molecule has 50 heavy (non-hydrogen) atoms. The van der Waals surface area contributed by atoms with Gasteiger partial charge in [0.05, 0.1) is 0 Å². The fourth-order valence-electron chi connectivity index (χ4n) is 4.51. The van der Waals surface area contributed by atoms with E-state index >= 15 is 0 Å². The van der Waals surface area contributed by atoms with Crippen LogP contribution in [-0.2, 0) is 33.3 Å². The number of aryl methyl sites for hydroxylation is 2. The monoisotopic (exact) mass is 714 g/mol. The molecule has 4 N–H and O–H groups in total. The van der Waals surface area contributed by atoms with Crippen molar-refractivity contribution in [1.29, 1.82) is 0 Å². The molecule has 5 rings (SSSR count). The van der Waals surface area contributed by atoms with Crippen LogP contribution in [0, 0.1) is 13.8 Å². The average molecular weight is 715 g/mol. The van der Waals surface area contributed by atoms with Gasteiger partial charge in [0.2, 0.25) is 0 Å². The van der Waals surface area contributed by atoms with Gasteiger partial charge in [-0.2, -0.15) is 16.8 Å². The van der Waals surface area contributed by atoms with Gasteiger partial charge in [-0.15, -0.1) is 0 Å². The van der Waals surface area contributed by atoms with Crippen molar-refractivity contribution in [2.45, 2.75) is 36.7 Å². The number of benzene rings is 5. The summed E-state index contributed by atoms with van der Waals surface area (Å²) in [6.07, 6.45) is 0. The number of amides is 4. The summed E-state index contributed by atoms with van der Waals surface area (Å²) in [6, 6.07) is 30.3. The van der Waals surface area contributed by atoms with Gasteiger partial charge in [-0.3, -0.25) is 0 Å². The second kappa shape index (κ2) is 15.6. The van der Waals surface area contributed by atoms with Gasteiger partial charge in [0, 0.05) is 36.6 Å². The zero-order valence-electron chi connectivity index (χ0n) is 27.0. The molecule has 0 aliphatic carbocycles. The molecule has 0 saturated heterocycles. The number of hydrogen-bond acceptors (Lipinski definition) is 8. The Balaban J connectivity index is 1.20. The first-order valence-corrected chi connectivity index (χ1v) is 18.1. The fourth-order valence-corrected chi connectivity index (χ4v) is 6.53. The van der Waals surface area contributed by atoms with Crippen molar-refractivity contribution >= 4 is 43.7 Å². The molecule has 0 radical (unpaired) electrons. The number of anilines is 2. The van der Waals surface area contributed by atoms with E-state index in [0.29, 0.717) is 0 Å². The van der Waals surface area contributed by atoms with E-state index in [-0.39, 0.29) is 36.0 Å². The lowest BCUT2D eigenvalue weighted by Crippen LogP contribution is -2.28. The number of carbonyl (C=O) groups is 2. The second-order valence-electron chi connectivity index (χ2n) is 11.2. The summed E-state index contributed by atoms with van der Waals surface area (Å²) in [5, 5.41) is 10.7. The molecule has 0 saturated carbocycles. The standard InChI is InChI=1S/C36H34N4O8S2/c1-25-12-16-27(17-13-25)23-37-35(41)39-29-6-3-8-31(20-29)47-49(43,44)33-10-5-11-34(22-33)50(45,46)48-32-9-4-7-30(21-32)40-36(42)38-24-28-18-14-26(2)15-19-28/h3-22H,23-24H2,1-2H3,(H2,37,39,41)(H2,38,40,42). The van der Waals surface area contributed by atoms with Crippen molar-refractivity contribution in [2.75, 3.05) is 10.6 Å². The third-order valence-electron chi connectivity index (χ3n) is 7.13. The molecule has 258 valence electrons. The van der Waals surface area contributed by atoms with E-state index in [1.54, 1.807) is 12.1 Å². The topological polar surface area (TPSA) is 169 Å². The Bertz CT molecular complexity index is 2050. The van der Waals surface area contributed by atoms with Crippen molar-refractivity contribution in [3.8, 4) is 11.5 Å². The maximum absolute atomic E-state index is 13.2. The lowest BCUT2D eigenvalue weighted by Gasteiger charge is -2.12. The van der Waals surface area contributed by atoms with Gasteiger partial charge in [0.1, 0.15) is 21.3 Å². The first-order chi connectivity index (χ1) is 23.8.